The van der Waals surface area contributed by atoms with Gasteiger partial charge in [-0.3, -0.25) is 4.79 Å². The van der Waals surface area contributed by atoms with Gasteiger partial charge >= 0.3 is 5.97 Å². The van der Waals surface area contributed by atoms with E-state index in [9.17, 15) is 4.79 Å². The molecule has 2 aromatic rings. The Labute approximate surface area is 126 Å². The number of hydrogen-bond donors (Lipinski definition) is 1. The van der Waals surface area contributed by atoms with E-state index in [0.717, 1.165) is 21.2 Å². The second kappa shape index (κ2) is 7.22. The lowest BCUT2D eigenvalue weighted by Crippen LogP contribution is -2.04. The van der Waals surface area contributed by atoms with Gasteiger partial charge in [0.05, 0.1) is 19.6 Å². The second-order valence-corrected chi connectivity index (χ2v) is 5.38. The molecule has 0 amide bonds. The first-order valence-electron chi connectivity index (χ1n) is 6.26. The Morgan fingerprint density at radius 2 is 1.80 bits per heavy atom. The monoisotopic (exact) mass is 334 g/mol. The van der Waals surface area contributed by atoms with Gasteiger partial charge in [-0.15, -0.1) is 0 Å². The van der Waals surface area contributed by atoms with E-state index in [1.54, 1.807) is 0 Å². The van der Waals surface area contributed by atoms with Crippen molar-refractivity contribution in [2.45, 2.75) is 19.6 Å². The predicted octanol–water partition coefficient (Wildman–Crippen LogP) is 3.79. The first-order chi connectivity index (χ1) is 9.65. The highest BCUT2D eigenvalue weighted by molar-refractivity contribution is 9.10. The van der Waals surface area contributed by atoms with Crippen LogP contribution >= 0.6 is 15.9 Å². The van der Waals surface area contributed by atoms with Gasteiger partial charge in [-0.05, 0) is 28.8 Å². The molecule has 0 bridgehead atoms. The average molecular weight is 335 g/mol. The highest BCUT2D eigenvalue weighted by Crippen LogP contribution is 2.15. The van der Waals surface area contributed by atoms with Crippen molar-refractivity contribution in [2.75, 3.05) is 0 Å². The van der Waals surface area contributed by atoms with E-state index in [4.69, 9.17) is 9.84 Å². The zero-order valence-electron chi connectivity index (χ0n) is 10.9. The van der Waals surface area contributed by atoms with Crippen LogP contribution in [0.1, 0.15) is 16.7 Å². The molecular weight excluding hydrogens is 320 g/mol. The molecule has 0 fully saturated rings. The minimum Gasteiger partial charge on any atom is -0.481 e. The molecule has 20 heavy (non-hydrogen) atoms. The fourth-order valence-electron chi connectivity index (χ4n) is 1.94. The van der Waals surface area contributed by atoms with Crippen molar-refractivity contribution in [2.24, 2.45) is 0 Å². The summed E-state index contributed by atoms with van der Waals surface area (Å²) in [5, 5.41) is 8.88. The Morgan fingerprint density at radius 1 is 1.05 bits per heavy atom. The first kappa shape index (κ1) is 14.8. The van der Waals surface area contributed by atoms with Crippen LogP contribution in [0.3, 0.4) is 0 Å². The van der Waals surface area contributed by atoms with Crippen LogP contribution in [0.4, 0.5) is 0 Å². The van der Waals surface area contributed by atoms with Gasteiger partial charge in [-0.25, -0.2) is 0 Å². The van der Waals surface area contributed by atoms with Gasteiger partial charge in [0.15, 0.2) is 0 Å². The second-order valence-electron chi connectivity index (χ2n) is 4.46. The van der Waals surface area contributed by atoms with Crippen LogP contribution in [-0.4, -0.2) is 11.1 Å². The SMILES string of the molecule is O=C(O)Cc1ccccc1COCc1cccc(Br)c1. The van der Waals surface area contributed by atoms with E-state index in [-0.39, 0.29) is 6.42 Å². The summed E-state index contributed by atoms with van der Waals surface area (Å²) in [5.41, 5.74) is 2.80. The minimum atomic E-state index is -0.829. The zero-order valence-corrected chi connectivity index (χ0v) is 12.5. The summed E-state index contributed by atoms with van der Waals surface area (Å²) in [5.74, 6) is -0.829. The summed E-state index contributed by atoms with van der Waals surface area (Å²) in [6, 6.07) is 15.4. The highest BCUT2D eigenvalue weighted by Gasteiger charge is 2.06. The van der Waals surface area contributed by atoms with Gasteiger partial charge in [0.25, 0.3) is 0 Å². The minimum absolute atomic E-state index is 0.0242. The number of rotatable bonds is 6. The average Bonchev–Trinajstić information content (AvgIpc) is 2.40. The smallest absolute Gasteiger partial charge is 0.307 e. The third kappa shape index (κ3) is 4.47. The van der Waals surface area contributed by atoms with E-state index in [1.165, 1.54) is 0 Å². The lowest BCUT2D eigenvalue weighted by Gasteiger charge is -2.09. The molecule has 0 aromatic heterocycles. The van der Waals surface area contributed by atoms with Crippen LogP contribution in [-0.2, 0) is 29.2 Å². The lowest BCUT2D eigenvalue weighted by molar-refractivity contribution is -0.136. The molecule has 0 saturated heterocycles. The maximum atomic E-state index is 10.8. The van der Waals surface area contributed by atoms with Crippen LogP contribution in [0.2, 0.25) is 0 Å². The molecule has 0 aliphatic rings. The van der Waals surface area contributed by atoms with Crippen molar-refractivity contribution in [1.29, 1.82) is 0 Å². The van der Waals surface area contributed by atoms with E-state index in [0.29, 0.717) is 13.2 Å². The van der Waals surface area contributed by atoms with Gasteiger partial charge in [-0.2, -0.15) is 0 Å². The Kier molecular flexibility index (Phi) is 5.32. The molecule has 0 saturated carbocycles. The molecule has 0 aliphatic carbocycles. The molecule has 3 nitrogen and oxygen atoms in total. The van der Waals surface area contributed by atoms with Crippen molar-refractivity contribution < 1.29 is 14.6 Å². The highest BCUT2D eigenvalue weighted by atomic mass is 79.9. The Bertz CT molecular complexity index is 596. The molecule has 1 N–H and O–H groups in total. The zero-order chi connectivity index (χ0) is 14.4. The molecule has 2 aromatic carbocycles. The number of carboxylic acids is 1. The molecule has 0 radical (unpaired) electrons. The molecule has 0 heterocycles. The summed E-state index contributed by atoms with van der Waals surface area (Å²) >= 11 is 3.42. The van der Waals surface area contributed by atoms with Crippen LogP contribution in [0.25, 0.3) is 0 Å². The van der Waals surface area contributed by atoms with Gasteiger partial charge in [0.2, 0.25) is 0 Å². The Balaban J connectivity index is 1.95. The van der Waals surface area contributed by atoms with Crippen molar-refractivity contribution in [3.63, 3.8) is 0 Å². The van der Waals surface area contributed by atoms with Gasteiger partial charge in [0, 0.05) is 4.47 Å². The summed E-state index contributed by atoms with van der Waals surface area (Å²) in [7, 11) is 0. The first-order valence-corrected chi connectivity index (χ1v) is 7.05. The van der Waals surface area contributed by atoms with Crippen molar-refractivity contribution >= 4 is 21.9 Å². The molecule has 0 unspecified atom stereocenters. The topological polar surface area (TPSA) is 46.5 Å². The summed E-state index contributed by atoms with van der Waals surface area (Å²) in [6.07, 6.45) is 0.0242. The van der Waals surface area contributed by atoms with E-state index in [2.05, 4.69) is 15.9 Å². The number of carboxylic acid groups (broad SMARTS) is 1. The Morgan fingerprint density at radius 3 is 2.50 bits per heavy atom. The fraction of sp³-hybridized carbons (Fsp3) is 0.188. The van der Waals surface area contributed by atoms with Crippen molar-refractivity contribution in [1.82, 2.24) is 0 Å². The van der Waals surface area contributed by atoms with Gasteiger partial charge < -0.3 is 9.84 Å². The molecular formula is C16H15BrO3. The van der Waals surface area contributed by atoms with Crippen molar-refractivity contribution in [3.05, 3.63) is 69.7 Å². The summed E-state index contributed by atoms with van der Waals surface area (Å²) < 4.78 is 6.69. The van der Waals surface area contributed by atoms with Crippen LogP contribution in [0.5, 0.6) is 0 Å². The maximum Gasteiger partial charge on any atom is 0.307 e. The predicted molar refractivity (Wildman–Crippen MR) is 80.4 cm³/mol. The molecule has 0 spiro atoms. The number of carbonyl (C=O) groups is 1. The lowest BCUT2D eigenvalue weighted by atomic mass is 10.1. The van der Waals surface area contributed by atoms with Crippen LogP contribution in [0.15, 0.2) is 53.0 Å². The normalized spacial score (nSPS) is 10.4. The largest absolute Gasteiger partial charge is 0.481 e. The van der Waals surface area contributed by atoms with E-state index in [1.807, 2.05) is 48.5 Å². The van der Waals surface area contributed by atoms with Crippen LogP contribution in [0, 0.1) is 0 Å². The van der Waals surface area contributed by atoms with Crippen LogP contribution < -0.4 is 0 Å². The number of aliphatic carboxylic acids is 1. The van der Waals surface area contributed by atoms with Gasteiger partial charge in [-0.1, -0.05) is 52.3 Å². The molecule has 0 atom stereocenters. The maximum absolute atomic E-state index is 10.8. The van der Waals surface area contributed by atoms with Gasteiger partial charge in [0.1, 0.15) is 0 Å². The number of ether oxygens (including phenoxy) is 1. The third-order valence-corrected chi connectivity index (χ3v) is 3.37. The fourth-order valence-corrected chi connectivity index (χ4v) is 2.39. The number of hydrogen-bond acceptors (Lipinski definition) is 2. The van der Waals surface area contributed by atoms with Crippen molar-refractivity contribution in [3.8, 4) is 0 Å². The summed E-state index contributed by atoms with van der Waals surface area (Å²) in [4.78, 5) is 10.8. The standard InChI is InChI=1S/C16H15BrO3/c17-15-7-3-4-12(8-15)10-20-11-14-6-2-1-5-13(14)9-16(18)19/h1-8H,9-11H2,(H,18,19). The van der Waals surface area contributed by atoms with E-state index >= 15 is 0 Å². The van der Waals surface area contributed by atoms with E-state index < -0.39 is 5.97 Å². The molecule has 4 heteroatoms. The number of benzene rings is 2. The molecule has 0 aliphatic heterocycles. The Hall–Kier alpha value is -1.65. The third-order valence-electron chi connectivity index (χ3n) is 2.88. The quantitative estimate of drug-likeness (QED) is 0.874. The molecule has 2 rings (SSSR count). The summed E-state index contributed by atoms with van der Waals surface area (Å²) in [6.45, 7) is 0.914. The molecule has 104 valence electrons. The number of halogens is 1.